The van der Waals surface area contributed by atoms with Crippen LogP contribution in [-0.4, -0.2) is 27.1 Å². The molecule has 0 saturated heterocycles. The number of ketones is 1. The Hall–Kier alpha value is -4.54. The van der Waals surface area contributed by atoms with Crippen molar-refractivity contribution in [2.45, 2.75) is 12.5 Å². The number of Topliss-reactive ketones (excluding diaryl/α,β-unsaturated/α-hetero) is 1. The third-order valence-corrected chi connectivity index (χ3v) is 6.31. The van der Waals surface area contributed by atoms with Gasteiger partial charge in [0.05, 0.1) is 29.4 Å². The van der Waals surface area contributed by atoms with Crippen molar-refractivity contribution < 1.29 is 9.18 Å². The van der Waals surface area contributed by atoms with Gasteiger partial charge in [0.2, 0.25) is 0 Å². The Morgan fingerprint density at radius 2 is 1.92 bits per heavy atom. The first kappa shape index (κ1) is 23.2. The maximum absolute atomic E-state index is 15.4. The number of nitrogens with zero attached hydrogens (tertiary/aromatic N) is 3. The van der Waals surface area contributed by atoms with Crippen LogP contribution < -0.4 is 5.32 Å². The number of halogens is 1. The van der Waals surface area contributed by atoms with Crippen LogP contribution in [0.25, 0.3) is 22.0 Å². The quantitative estimate of drug-likeness (QED) is 0.296. The van der Waals surface area contributed by atoms with E-state index in [0.717, 1.165) is 11.1 Å². The molecule has 5 aromatic rings. The molecule has 1 atom stereocenters. The van der Waals surface area contributed by atoms with Crippen molar-refractivity contribution >= 4 is 16.7 Å². The van der Waals surface area contributed by atoms with Crippen molar-refractivity contribution in [1.29, 1.82) is 5.26 Å². The van der Waals surface area contributed by atoms with Gasteiger partial charge in [0.25, 0.3) is 0 Å². The fraction of sp³-hybridized carbons (Fsp3) is 0.138. The summed E-state index contributed by atoms with van der Waals surface area (Å²) in [5.74, 6) is -0.551. The van der Waals surface area contributed by atoms with Gasteiger partial charge in [-0.15, -0.1) is 0 Å². The summed E-state index contributed by atoms with van der Waals surface area (Å²) in [6, 6.07) is 21.9. The number of aryl methyl sites for hydroxylation is 1. The zero-order chi connectivity index (χ0) is 25.1. The highest BCUT2D eigenvalue weighted by molar-refractivity contribution is 6.11. The summed E-state index contributed by atoms with van der Waals surface area (Å²) in [5, 5.41) is 17.0. The molecule has 0 aliphatic rings. The van der Waals surface area contributed by atoms with Crippen molar-refractivity contribution in [2.75, 3.05) is 6.54 Å². The topological polar surface area (TPSA) is 86.5 Å². The molecule has 36 heavy (non-hydrogen) atoms. The van der Waals surface area contributed by atoms with Gasteiger partial charge in [-0.3, -0.25) is 9.48 Å². The molecular weight excluding hydrogens is 453 g/mol. The highest BCUT2D eigenvalue weighted by Gasteiger charge is 2.25. The zero-order valence-corrected chi connectivity index (χ0v) is 19.7. The molecule has 2 heterocycles. The predicted octanol–water partition coefficient (Wildman–Crippen LogP) is 5.34. The lowest BCUT2D eigenvalue weighted by Crippen LogP contribution is -2.30. The number of benzene rings is 3. The number of H-pyrrole nitrogens is 1. The van der Waals surface area contributed by atoms with Crippen molar-refractivity contribution in [2.24, 2.45) is 7.05 Å². The van der Waals surface area contributed by atoms with E-state index in [-0.39, 0.29) is 5.78 Å². The molecule has 0 aliphatic carbocycles. The summed E-state index contributed by atoms with van der Waals surface area (Å²) in [6.07, 6.45) is 5.64. The number of nitriles is 1. The van der Waals surface area contributed by atoms with E-state index in [1.807, 2.05) is 42.5 Å². The summed E-state index contributed by atoms with van der Waals surface area (Å²) in [4.78, 5) is 16.7. The number of fused-ring (bicyclic) bond motifs is 1. The van der Waals surface area contributed by atoms with Gasteiger partial charge in [0, 0.05) is 48.1 Å². The average molecular weight is 478 g/mol. The number of hydrogen-bond acceptors (Lipinski definition) is 4. The van der Waals surface area contributed by atoms with Crippen LogP contribution in [-0.2, 0) is 13.5 Å². The molecule has 0 radical (unpaired) electrons. The zero-order valence-electron chi connectivity index (χ0n) is 19.7. The molecule has 0 saturated carbocycles. The van der Waals surface area contributed by atoms with Gasteiger partial charge in [-0.1, -0.05) is 54.6 Å². The predicted molar refractivity (Wildman–Crippen MR) is 137 cm³/mol. The molecular formula is C29H24FN5O. The molecule has 3 aromatic carbocycles. The van der Waals surface area contributed by atoms with Crippen molar-refractivity contribution in [1.82, 2.24) is 20.1 Å². The summed E-state index contributed by atoms with van der Waals surface area (Å²) in [6.45, 7) is 0.555. The number of rotatable bonds is 8. The van der Waals surface area contributed by atoms with E-state index in [0.29, 0.717) is 46.1 Å². The molecule has 0 aliphatic heterocycles. The van der Waals surface area contributed by atoms with E-state index in [1.165, 1.54) is 0 Å². The van der Waals surface area contributed by atoms with Crippen LogP contribution in [0, 0.1) is 17.1 Å². The van der Waals surface area contributed by atoms with Crippen LogP contribution in [0.5, 0.6) is 0 Å². The smallest absolute Gasteiger partial charge is 0.186 e. The van der Waals surface area contributed by atoms with Gasteiger partial charge in [-0.25, -0.2) is 4.39 Å². The summed E-state index contributed by atoms with van der Waals surface area (Å²) >= 11 is 0. The average Bonchev–Trinajstić information content (AvgIpc) is 3.54. The highest BCUT2D eigenvalue weighted by Crippen LogP contribution is 2.31. The minimum absolute atomic E-state index is 0.138. The van der Waals surface area contributed by atoms with Gasteiger partial charge < -0.3 is 10.3 Å². The number of aromatic amines is 1. The maximum Gasteiger partial charge on any atom is 0.186 e. The largest absolute Gasteiger partial charge is 0.358 e. The second-order valence-corrected chi connectivity index (χ2v) is 8.68. The van der Waals surface area contributed by atoms with Crippen molar-refractivity contribution in [3.05, 3.63) is 113 Å². The lowest BCUT2D eigenvalue weighted by molar-refractivity contribution is 0.0945. The molecule has 0 amide bonds. The third-order valence-electron chi connectivity index (χ3n) is 6.31. The maximum atomic E-state index is 15.4. The number of carbonyl (C=O) groups excluding carboxylic acids is 1. The van der Waals surface area contributed by atoms with E-state index in [2.05, 4.69) is 21.5 Å². The first-order chi connectivity index (χ1) is 17.5. The summed E-state index contributed by atoms with van der Waals surface area (Å²) in [5.41, 5.74) is 4.34. The molecule has 0 bridgehead atoms. The molecule has 178 valence electrons. The number of aromatic nitrogens is 3. The van der Waals surface area contributed by atoms with Gasteiger partial charge in [0.1, 0.15) is 0 Å². The lowest BCUT2D eigenvalue weighted by Gasteiger charge is -2.18. The van der Waals surface area contributed by atoms with Crippen LogP contribution in [0.4, 0.5) is 4.39 Å². The van der Waals surface area contributed by atoms with Crippen LogP contribution in [0.15, 0.2) is 85.3 Å². The van der Waals surface area contributed by atoms with Crippen LogP contribution in [0.3, 0.4) is 0 Å². The number of carbonyl (C=O) groups is 1. The van der Waals surface area contributed by atoms with Crippen LogP contribution in [0.2, 0.25) is 0 Å². The molecule has 0 spiro atoms. The molecule has 6 nitrogen and oxygen atoms in total. The lowest BCUT2D eigenvalue weighted by atomic mass is 9.96. The Balaban J connectivity index is 1.42. The standard InChI is InChI=1S/C29H24FN5O/c1-35-18-22(16-34-35)23-11-12-24-25(17-33-28(24)26(23)30)29(36)27(21-5-3-2-4-6-21)32-14-13-19-7-9-20(15-31)10-8-19/h2-12,16-18,27,32-33H,13-14H2,1H3/t27-/m0/s1. The van der Waals surface area contributed by atoms with Gasteiger partial charge in [-0.05, 0) is 29.7 Å². The fourth-order valence-corrected chi connectivity index (χ4v) is 4.42. The van der Waals surface area contributed by atoms with E-state index in [4.69, 9.17) is 5.26 Å². The van der Waals surface area contributed by atoms with Gasteiger partial charge in [-0.2, -0.15) is 10.4 Å². The molecule has 2 N–H and O–H groups in total. The van der Waals surface area contributed by atoms with Crippen LogP contribution >= 0.6 is 0 Å². The second-order valence-electron chi connectivity index (χ2n) is 8.68. The van der Waals surface area contributed by atoms with Crippen molar-refractivity contribution in [3.63, 3.8) is 0 Å². The Kier molecular flexibility index (Phi) is 6.44. The Labute approximate surface area is 208 Å². The second kappa shape index (κ2) is 9.98. The normalized spacial score (nSPS) is 11.9. The molecule has 2 aromatic heterocycles. The molecule has 0 fully saturated rings. The minimum Gasteiger partial charge on any atom is -0.358 e. The first-order valence-electron chi connectivity index (χ1n) is 11.7. The Morgan fingerprint density at radius 1 is 1.14 bits per heavy atom. The van der Waals surface area contributed by atoms with E-state index in [1.54, 1.807) is 54.6 Å². The SMILES string of the molecule is Cn1cc(-c2ccc3c(C(=O)[C@@H](NCCc4ccc(C#N)cc4)c4ccccc4)c[nH]c3c2F)cn1. The monoisotopic (exact) mass is 477 g/mol. The Bertz CT molecular complexity index is 1560. The van der Waals surface area contributed by atoms with E-state index >= 15 is 4.39 Å². The molecule has 7 heteroatoms. The van der Waals surface area contributed by atoms with Gasteiger partial charge in [0.15, 0.2) is 11.6 Å². The van der Waals surface area contributed by atoms with Crippen LogP contribution in [0.1, 0.15) is 33.1 Å². The molecule has 0 unspecified atom stereocenters. The third kappa shape index (κ3) is 4.54. The molecule has 5 rings (SSSR count). The van der Waals surface area contributed by atoms with Gasteiger partial charge >= 0.3 is 0 Å². The highest BCUT2D eigenvalue weighted by atomic mass is 19.1. The van der Waals surface area contributed by atoms with E-state index in [9.17, 15) is 4.79 Å². The number of nitrogens with one attached hydrogen (secondary N) is 2. The first-order valence-corrected chi connectivity index (χ1v) is 11.7. The van der Waals surface area contributed by atoms with Crippen molar-refractivity contribution in [3.8, 4) is 17.2 Å². The summed E-state index contributed by atoms with van der Waals surface area (Å²) < 4.78 is 17.0. The minimum atomic E-state index is -0.593. The fourth-order valence-electron chi connectivity index (χ4n) is 4.42. The van der Waals surface area contributed by atoms with E-state index < -0.39 is 11.9 Å². The summed E-state index contributed by atoms with van der Waals surface area (Å²) in [7, 11) is 1.78. The Morgan fingerprint density at radius 3 is 2.61 bits per heavy atom. The number of hydrogen-bond donors (Lipinski definition) is 2.